The zero-order valence-corrected chi connectivity index (χ0v) is 10.4. The van der Waals surface area contributed by atoms with Gasteiger partial charge in [0.25, 0.3) is 0 Å². The van der Waals surface area contributed by atoms with Gasteiger partial charge in [-0.1, -0.05) is 6.42 Å². The van der Waals surface area contributed by atoms with E-state index in [1.165, 1.54) is 19.3 Å². The fourth-order valence-electron chi connectivity index (χ4n) is 3.30. The van der Waals surface area contributed by atoms with Gasteiger partial charge in [-0.2, -0.15) is 0 Å². The first-order chi connectivity index (χ1) is 7.72. The van der Waals surface area contributed by atoms with Crippen LogP contribution in [0.1, 0.15) is 46.0 Å². The largest absolute Gasteiger partial charge is 0.380 e. The molecule has 3 heteroatoms. The molecule has 0 radical (unpaired) electrons. The predicted octanol–water partition coefficient (Wildman–Crippen LogP) is 2.00. The quantitative estimate of drug-likeness (QED) is 0.733. The highest BCUT2D eigenvalue weighted by Crippen LogP contribution is 2.33. The summed E-state index contributed by atoms with van der Waals surface area (Å²) in [6.45, 7) is 5.86. The lowest BCUT2D eigenvalue weighted by atomic mass is 9.83. The lowest BCUT2D eigenvalue weighted by molar-refractivity contribution is -0.129. The maximum atomic E-state index is 11.6. The molecular formula is C13H23NO2. The molecule has 2 fully saturated rings. The second-order valence-corrected chi connectivity index (χ2v) is 5.14. The van der Waals surface area contributed by atoms with Crippen molar-refractivity contribution in [3.8, 4) is 0 Å². The minimum absolute atomic E-state index is 0.461. The normalized spacial score (nSPS) is 32.8. The molecular weight excluding hydrogens is 202 g/mol. The van der Waals surface area contributed by atoms with Gasteiger partial charge in [-0.3, -0.25) is 9.69 Å². The molecule has 2 aliphatic rings. The van der Waals surface area contributed by atoms with E-state index in [1.54, 1.807) is 0 Å². The Morgan fingerprint density at radius 1 is 1.38 bits per heavy atom. The van der Waals surface area contributed by atoms with Gasteiger partial charge in [0.1, 0.15) is 5.78 Å². The molecule has 3 nitrogen and oxygen atoms in total. The van der Waals surface area contributed by atoms with Crippen LogP contribution in [0.4, 0.5) is 0 Å². The number of ketones is 1. The minimum atomic E-state index is 0.461. The Balaban J connectivity index is 1.99. The van der Waals surface area contributed by atoms with Gasteiger partial charge < -0.3 is 4.74 Å². The molecule has 0 aromatic carbocycles. The van der Waals surface area contributed by atoms with Crippen molar-refractivity contribution < 1.29 is 9.53 Å². The van der Waals surface area contributed by atoms with Crippen molar-refractivity contribution in [2.75, 3.05) is 13.2 Å². The number of fused-ring (bicyclic) bond motifs is 2. The van der Waals surface area contributed by atoms with E-state index in [4.69, 9.17) is 4.74 Å². The Bertz CT molecular complexity index is 238. The van der Waals surface area contributed by atoms with Crippen molar-refractivity contribution in [3.05, 3.63) is 0 Å². The number of carbonyl (C=O) groups excluding carboxylic acids is 1. The Labute approximate surface area is 98.1 Å². The molecule has 0 aromatic rings. The Morgan fingerprint density at radius 2 is 2.00 bits per heavy atom. The van der Waals surface area contributed by atoms with E-state index in [2.05, 4.69) is 11.8 Å². The van der Waals surface area contributed by atoms with Gasteiger partial charge in [0.15, 0.2) is 0 Å². The van der Waals surface area contributed by atoms with E-state index in [1.807, 2.05) is 6.92 Å². The third kappa shape index (κ3) is 2.46. The molecule has 0 spiro atoms. The van der Waals surface area contributed by atoms with Gasteiger partial charge in [0.05, 0.1) is 6.61 Å². The van der Waals surface area contributed by atoms with Crippen LogP contribution in [0.2, 0.25) is 0 Å². The summed E-state index contributed by atoms with van der Waals surface area (Å²) in [5.41, 5.74) is 0. The van der Waals surface area contributed by atoms with Gasteiger partial charge in [0.2, 0.25) is 0 Å². The molecule has 92 valence electrons. The van der Waals surface area contributed by atoms with Crippen LogP contribution in [0.25, 0.3) is 0 Å². The van der Waals surface area contributed by atoms with Gasteiger partial charge >= 0.3 is 0 Å². The lowest BCUT2D eigenvalue weighted by Crippen LogP contribution is -2.56. The molecule has 2 rings (SSSR count). The van der Waals surface area contributed by atoms with Gasteiger partial charge in [-0.15, -0.1) is 0 Å². The number of hydrogen-bond donors (Lipinski definition) is 0. The van der Waals surface area contributed by atoms with E-state index in [0.29, 0.717) is 23.9 Å². The molecule has 3 unspecified atom stereocenters. The summed E-state index contributed by atoms with van der Waals surface area (Å²) in [7, 11) is 0. The number of rotatable bonds is 4. The summed E-state index contributed by atoms with van der Waals surface area (Å²) >= 11 is 0. The fourth-order valence-corrected chi connectivity index (χ4v) is 3.30. The highest BCUT2D eigenvalue weighted by molar-refractivity contribution is 5.80. The Kier molecular flexibility index (Phi) is 3.98. The third-order valence-corrected chi connectivity index (χ3v) is 3.92. The molecule has 0 aromatic heterocycles. The number of ether oxygens (including phenoxy) is 1. The van der Waals surface area contributed by atoms with E-state index in [9.17, 15) is 4.79 Å². The van der Waals surface area contributed by atoms with Crippen molar-refractivity contribution in [2.24, 2.45) is 0 Å². The smallest absolute Gasteiger partial charge is 0.136 e. The molecule has 2 aliphatic heterocycles. The van der Waals surface area contributed by atoms with Crippen molar-refractivity contribution in [2.45, 2.75) is 64.1 Å². The van der Waals surface area contributed by atoms with Crippen molar-refractivity contribution in [1.29, 1.82) is 0 Å². The first kappa shape index (κ1) is 12.1. The summed E-state index contributed by atoms with van der Waals surface area (Å²) in [5, 5.41) is 0. The molecule has 2 heterocycles. The zero-order valence-electron chi connectivity index (χ0n) is 10.4. The molecule has 16 heavy (non-hydrogen) atoms. The van der Waals surface area contributed by atoms with Crippen LogP contribution < -0.4 is 0 Å². The van der Waals surface area contributed by atoms with E-state index < -0.39 is 0 Å². The summed E-state index contributed by atoms with van der Waals surface area (Å²) in [4.78, 5) is 14.2. The van der Waals surface area contributed by atoms with Gasteiger partial charge in [0, 0.05) is 37.6 Å². The fraction of sp³-hybridized carbons (Fsp3) is 0.923. The minimum Gasteiger partial charge on any atom is -0.380 e. The third-order valence-electron chi connectivity index (χ3n) is 3.92. The molecule has 0 N–H and O–H groups in total. The Morgan fingerprint density at radius 3 is 2.56 bits per heavy atom. The number of carbonyl (C=O) groups is 1. The zero-order chi connectivity index (χ0) is 11.5. The SMILES string of the molecule is CCOCC(C)N1C2CCCC1CC(=O)C2. The summed E-state index contributed by atoms with van der Waals surface area (Å²) < 4.78 is 5.51. The van der Waals surface area contributed by atoms with Crippen molar-refractivity contribution >= 4 is 5.78 Å². The van der Waals surface area contributed by atoms with Gasteiger partial charge in [-0.25, -0.2) is 0 Å². The van der Waals surface area contributed by atoms with Crippen LogP contribution in [0.3, 0.4) is 0 Å². The highest BCUT2D eigenvalue weighted by Gasteiger charge is 2.39. The van der Waals surface area contributed by atoms with E-state index in [0.717, 1.165) is 26.1 Å². The molecule has 2 bridgehead atoms. The van der Waals surface area contributed by atoms with Crippen LogP contribution in [-0.4, -0.2) is 42.0 Å². The molecule has 0 amide bonds. The second-order valence-electron chi connectivity index (χ2n) is 5.14. The predicted molar refractivity (Wildman–Crippen MR) is 63.5 cm³/mol. The molecule has 0 aliphatic carbocycles. The van der Waals surface area contributed by atoms with Gasteiger partial charge in [-0.05, 0) is 26.7 Å². The monoisotopic (exact) mass is 225 g/mol. The number of Topliss-reactive ketones (excluding diaryl/α,β-unsaturated/α-hetero) is 1. The van der Waals surface area contributed by atoms with Crippen LogP contribution >= 0.6 is 0 Å². The maximum absolute atomic E-state index is 11.6. The summed E-state index contributed by atoms with van der Waals surface area (Å²) in [6.07, 6.45) is 5.22. The summed E-state index contributed by atoms with van der Waals surface area (Å²) in [6, 6.07) is 1.45. The van der Waals surface area contributed by atoms with Crippen LogP contribution in [-0.2, 0) is 9.53 Å². The average molecular weight is 225 g/mol. The molecule has 3 atom stereocenters. The number of nitrogens with zero attached hydrogens (tertiary/aromatic N) is 1. The van der Waals surface area contributed by atoms with Crippen molar-refractivity contribution in [1.82, 2.24) is 4.90 Å². The maximum Gasteiger partial charge on any atom is 0.136 e. The lowest BCUT2D eigenvalue weighted by Gasteiger charge is -2.48. The Hall–Kier alpha value is -0.410. The molecule has 2 saturated heterocycles. The first-order valence-corrected chi connectivity index (χ1v) is 6.59. The van der Waals surface area contributed by atoms with Crippen LogP contribution in [0, 0.1) is 0 Å². The first-order valence-electron chi connectivity index (χ1n) is 6.59. The highest BCUT2D eigenvalue weighted by atomic mass is 16.5. The van der Waals surface area contributed by atoms with E-state index in [-0.39, 0.29) is 0 Å². The van der Waals surface area contributed by atoms with E-state index >= 15 is 0 Å². The number of hydrogen-bond acceptors (Lipinski definition) is 3. The van der Waals surface area contributed by atoms with Crippen molar-refractivity contribution in [3.63, 3.8) is 0 Å². The molecule has 0 saturated carbocycles. The second kappa shape index (κ2) is 5.28. The standard InChI is InChI=1S/C13H23NO2/c1-3-16-9-10(2)14-11-5-4-6-12(14)8-13(15)7-11/h10-12H,3-9H2,1-2H3. The average Bonchev–Trinajstić information content (AvgIpc) is 2.24. The van der Waals surface area contributed by atoms with Crippen LogP contribution in [0.15, 0.2) is 0 Å². The van der Waals surface area contributed by atoms with Crippen LogP contribution in [0.5, 0.6) is 0 Å². The topological polar surface area (TPSA) is 29.5 Å². The number of piperidine rings is 2. The summed E-state index contributed by atoms with van der Waals surface area (Å²) in [5.74, 6) is 0.467.